The lowest BCUT2D eigenvalue weighted by molar-refractivity contribution is 0.0677. The van der Waals surface area contributed by atoms with Crippen molar-refractivity contribution < 1.29 is 19.4 Å². The van der Waals surface area contributed by atoms with E-state index in [4.69, 9.17) is 4.42 Å². The van der Waals surface area contributed by atoms with Gasteiger partial charge in [0.05, 0.1) is 0 Å². The second kappa shape index (κ2) is 7.55. The predicted molar refractivity (Wildman–Crippen MR) is 96.7 cm³/mol. The van der Waals surface area contributed by atoms with Gasteiger partial charge in [0.1, 0.15) is 18.0 Å². The Morgan fingerprint density at radius 2 is 2.04 bits per heavy atom. The van der Waals surface area contributed by atoms with Crippen molar-refractivity contribution in [2.45, 2.75) is 44.8 Å². The number of aromatic nitrogens is 3. The van der Waals surface area contributed by atoms with E-state index in [1.807, 2.05) is 11.6 Å². The summed E-state index contributed by atoms with van der Waals surface area (Å²) >= 11 is 0. The number of carbonyl (C=O) groups is 1. The zero-order valence-electron chi connectivity index (χ0n) is 15.8. The normalized spacial score (nSPS) is 15.5. The molecule has 3 rings (SSSR count). The van der Waals surface area contributed by atoms with Crippen LogP contribution in [0.2, 0.25) is 0 Å². The Kier molecular flexibility index (Phi) is 5.35. The fourth-order valence-electron chi connectivity index (χ4n) is 3.10. The average molecular weight is 372 g/mol. The van der Waals surface area contributed by atoms with Crippen LogP contribution >= 0.6 is 0 Å². The molecule has 1 saturated heterocycles. The first kappa shape index (κ1) is 19.1. The third-order valence-electron chi connectivity index (χ3n) is 4.60. The molecule has 2 aromatic rings. The Morgan fingerprint density at radius 1 is 1.33 bits per heavy atom. The Balaban J connectivity index is 1.62. The van der Waals surface area contributed by atoms with Crippen molar-refractivity contribution in [2.24, 2.45) is 7.05 Å². The highest BCUT2D eigenvalue weighted by Gasteiger charge is 2.28. The van der Waals surface area contributed by atoms with Crippen LogP contribution < -0.4 is 0 Å². The first-order valence-electron chi connectivity index (χ1n) is 8.92. The Morgan fingerprint density at radius 3 is 2.63 bits per heavy atom. The quantitative estimate of drug-likeness (QED) is 0.780. The fourth-order valence-corrected chi connectivity index (χ4v) is 3.10. The predicted octanol–water partition coefficient (Wildman–Crippen LogP) is 1.04. The van der Waals surface area contributed by atoms with E-state index in [0.717, 1.165) is 18.7 Å². The van der Waals surface area contributed by atoms with Crippen LogP contribution in [0.3, 0.4) is 0 Å². The van der Waals surface area contributed by atoms with Crippen molar-refractivity contribution in [1.29, 1.82) is 0 Å². The van der Waals surface area contributed by atoms with E-state index in [0.29, 0.717) is 24.7 Å². The van der Waals surface area contributed by atoms with Crippen LogP contribution in [0.5, 0.6) is 0 Å². The van der Waals surface area contributed by atoms with Gasteiger partial charge in [-0.1, -0.05) is 5.92 Å². The summed E-state index contributed by atoms with van der Waals surface area (Å²) in [7, 11) is 1.84. The van der Waals surface area contributed by atoms with Crippen molar-refractivity contribution in [2.75, 3.05) is 13.1 Å². The number of piperidine rings is 1. The maximum absolute atomic E-state index is 12.6. The first-order chi connectivity index (χ1) is 12.8. The van der Waals surface area contributed by atoms with E-state index in [1.165, 1.54) is 0 Å². The molecule has 8 heteroatoms. The monoisotopic (exact) mass is 372 g/mol. The van der Waals surface area contributed by atoms with Gasteiger partial charge in [0.2, 0.25) is 0 Å². The van der Waals surface area contributed by atoms with Crippen LogP contribution in [0.1, 0.15) is 60.6 Å². The number of hydrogen-bond acceptors (Lipinski definition) is 6. The molecule has 1 amide bonds. The minimum atomic E-state index is -1.12. The van der Waals surface area contributed by atoms with Crippen molar-refractivity contribution in [3.63, 3.8) is 0 Å². The molecule has 2 N–H and O–H groups in total. The summed E-state index contributed by atoms with van der Waals surface area (Å²) in [6, 6.07) is 3.24. The molecule has 27 heavy (non-hydrogen) atoms. The van der Waals surface area contributed by atoms with Gasteiger partial charge in [-0.2, -0.15) is 0 Å². The van der Waals surface area contributed by atoms with Crippen LogP contribution in [0.15, 0.2) is 16.5 Å². The van der Waals surface area contributed by atoms with E-state index in [9.17, 15) is 15.0 Å². The molecule has 2 aromatic heterocycles. The van der Waals surface area contributed by atoms with Crippen molar-refractivity contribution >= 4 is 5.91 Å². The third-order valence-corrected chi connectivity index (χ3v) is 4.60. The highest BCUT2D eigenvalue weighted by Crippen LogP contribution is 2.27. The fraction of sp³-hybridized carbons (Fsp3) is 0.526. The second-order valence-corrected chi connectivity index (χ2v) is 7.23. The molecule has 3 heterocycles. The van der Waals surface area contributed by atoms with Crippen molar-refractivity contribution in [3.8, 4) is 11.8 Å². The number of carbonyl (C=O) groups excluding carboxylic acids is 1. The molecule has 1 fully saturated rings. The van der Waals surface area contributed by atoms with E-state index in [1.54, 1.807) is 30.9 Å². The lowest BCUT2D eigenvalue weighted by atomic mass is 9.95. The second-order valence-electron chi connectivity index (χ2n) is 7.23. The molecular formula is C19H24N4O4. The zero-order valence-corrected chi connectivity index (χ0v) is 15.8. The molecule has 0 unspecified atom stereocenters. The lowest BCUT2D eigenvalue weighted by Gasteiger charge is -2.30. The van der Waals surface area contributed by atoms with Crippen molar-refractivity contribution in [1.82, 2.24) is 19.7 Å². The Labute approximate surface area is 157 Å². The summed E-state index contributed by atoms with van der Waals surface area (Å²) < 4.78 is 7.33. The van der Waals surface area contributed by atoms with Crippen LogP contribution in [0.25, 0.3) is 0 Å². The summed E-state index contributed by atoms with van der Waals surface area (Å²) in [5.74, 6) is 7.41. The van der Waals surface area contributed by atoms with Gasteiger partial charge in [0.25, 0.3) is 5.91 Å². The zero-order chi connectivity index (χ0) is 19.6. The summed E-state index contributed by atoms with van der Waals surface area (Å²) in [4.78, 5) is 14.4. The highest BCUT2D eigenvalue weighted by atomic mass is 16.4. The number of amides is 1. The molecule has 144 valence electrons. The summed E-state index contributed by atoms with van der Waals surface area (Å²) in [5.41, 5.74) is -1.12. The number of hydrogen-bond donors (Lipinski definition) is 2. The topological polar surface area (TPSA) is 105 Å². The van der Waals surface area contributed by atoms with Crippen molar-refractivity contribution in [3.05, 3.63) is 35.3 Å². The Bertz CT molecular complexity index is 874. The van der Waals surface area contributed by atoms with Gasteiger partial charge in [-0.25, -0.2) is 0 Å². The molecule has 0 radical (unpaired) electrons. The van der Waals surface area contributed by atoms with Crippen LogP contribution in [-0.2, 0) is 13.7 Å². The van der Waals surface area contributed by atoms with Gasteiger partial charge in [0.15, 0.2) is 17.3 Å². The molecule has 0 saturated carbocycles. The molecule has 0 bridgehead atoms. The van der Waals surface area contributed by atoms with Gasteiger partial charge in [-0.15, -0.1) is 10.2 Å². The molecular weight excluding hydrogens is 348 g/mol. The standard InChI is InChI=1S/C19H24N4O4/c1-19(2,26)9-6-14-4-5-15(27-14)18(25)23-10-7-13(8-11-23)17-21-20-16(12-24)22(17)3/h4-5,13,24,26H,7-8,10-12H2,1-3H3. The van der Waals surface area contributed by atoms with E-state index in [2.05, 4.69) is 22.0 Å². The molecule has 0 aromatic carbocycles. The molecule has 0 atom stereocenters. The number of likely N-dealkylation sites (tertiary alicyclic amines) is 1. The maximum atomic E-state index is 12.6. The third kappa shape index (κ3) is 4.38. The average Bonchev–Trinajstić information content (AvgIpc) is 3.25. The molecule has 1 aliphatic rings. The number of rotatable bonds is 3. The van der Waals surface area contributed by atoms with E-state index < -0.39 is 5.60 Å². The van der Waals surface area contributed by atoms with E-state index >= 15 is 0 Å². The summed E-state index contributed by atoms with van der Waals surface area (Å²) in [5, 5.41) is 27.0. The molecule has 1 aliphatic heterocycles. The summed E-state index contributed by atoms with van der Waals surface area (Å²) in [6.07, 6.45) is 1.55. The van der Waals surface area contributed by atoms with Gasteiger partial charge in [0, 0.05) is 26.1 Å². The minimum Gasteiger partial charge on any atom is -0.443 e. The molecule has 0 spiro atoms. The Hall–Kier alpha value is -2.63. The summed E-state index contributed by atoms with van der Waals surface area (Å²) in [6.45, 7) is 4.21. The number of nitrogens with zero attached hydrogens (tertiary/aromatic N) is 4. The largest absolute Gasteiger partial charge is 0.443 e. The number of aliphatic hydroxyl groups is 2. The van der Waals surface area contributed by atoms with Gasteiger partial charge in [-0.3, -0.25) is 4.79 Å². The number of furan rings is 1. The minimum absolute atomic E-state index is 0.141. The van der Waals surface area contributed by atoms with Gasteiger partial charge in [-0.05, 0) is 44.7 Å². The van der Waals surface area contributed by atoms with Gasteiger partial charge >= 0.3 is 0 Å². The van der Waals surface area contributed by atoms with Crippen LogP contribution in [0, 0.1) is 11.8 Å². The SMILES string of the molecule is Cn1c(CO)nnc1C1CCN(C(=O)c2ccc(C#CC(C)(C)O)o2)CC1. The molecule has 8 nitrogen and oxygen atoms in total. The lowest BCUT2D eigenvalue weighted by Crippen LogP contribution is -2.38. The van der Waals surface area contributed by atoms with Crippen LogP contribution in [-0.4, -0.2) is 54.5 Å². The van der Waals surface area contributed by atoms with Crippen LogP contribution in [0.4, 0.5) is 0 Å². The smallest absolute Gasteiger partial charge is 0.289 e. The van der Waals surface area contributed by atoms with Gasteiger partial charge < -0.3 is 24.1 Å². The first-order valence-corrected chi connectivity index (χ1v) is 8.92. The molecule has 0 aliphatic carbocycles. The maximum Gasteiger partial charge on any atom is 0.289 e. The number of aliphatic hydroxyl groups excluding tert-OH is 1. The van der Waals surface area contributed by atoms with E-state index in [-0.39, 0.29) is 24.2 Å². The highest BCUT2D eigenvalue weighted by molar-refractivity contribution is 5.91.